The van der Waals surface area contributed by atoms with E-state index in [0.29, 0.717) is 81.4 Å². The van der Waals surface area contributed by atoms with E-state index >= 15 is 0 Å². The van der Waals surface area contributed by atoms with Crippen molar-refractivity contribution in [2.75, 3.05) is 69.7 Å². The number of hydrogen-bond acceptors (Lipinski definition) is 11. The van der Waals surface area contributed by atoms with E-state index in [0.717, 1.165) is 18.4 Å². The Morgan fingerprint density at radius 1 is 0.784 bits per heavy atom. The third-order valence-electron chi connectivity index (χ3n) is 6.14. The summed E-state index contributed by atoms with van der Waals surface area (Å²) in [6.45, 7) is 3.71. The molecule has 0 bridgehead atoms. The van der Waals surface area contributed by atoms with Gasteiger partial charge in [-0.05, 0) is 30.5 Å². The zero-order valence-corrected chi connectivity index (χ0v) is 22.3. The van der Waals surface area contributed by atoms with E-state index in [1.165, 1.54) is 32.1 Å². The van der Waals surface area contributed by atoms with Crippen molar-refractivity contribution in [1.29, 1.82) is 0 Å². The Kier molecular flexibility index (Phi) is 13.0. The van der Waals surface area contributed by atoms with Gasteiger partial charge in [0.1, 0.15) is 0 Å². The standard InChI is InChI=1S/C26H43N7O4/c1-34-22-11-10-20(18-23(22)35-2)19-29-25-31-24(28-13-15-37-17-16-36-14-12-27)32-26(33-25)30-21-8-6-4-3-5-7-9-21/h10-11,18,21H,3-9,12-17,19,27H2,1-2H3,(H3,28,29,30,31,32,33). The third-order valence-corrected chi connectivity index (χ3v) is 6.14. The quantitative estimate of drug-likeness (QED) is 0.244. The summed E-state index contributed by atoms with van der Waals surface area (Å²) in [5, 5.41) is 10.1. The molecule has 1 aromatic heterocycles. The van der Waals surface area contributed by atoms with Crippen LogP contribution >= 0.6 is 0 Å². The summed E-state index contributed by atoms with van der Waals surface area (Å²) in [6, 6.07) is 6.18. The first-order valence-electron chi connectivity index (χ1n) is 13.3. The zero-order chi connectivity index (χ0) is 26.1. The van der Waals surface area contributed by atoms with Gasteiger partial charge in [0.2, 0.25) is 17.8 Å². The monoisotopic (exact) mass is 517 g/mol. The van der Waals surface area contributed by atoms with E-state index in [4.69, 9.17) is 24.7 Å². The number of rotatable bonds is 16. The fourth-order valence-corrected chi connectivity index (χ4v) is 4.19. The van der Waals surface area contributed by atoms with Gasteiger partial charge in [0.15, 0.2) is 11.5 Å². The zero-order valence-electron chi connectivity index (χ0n) is 22.3. The second kappa shape index (κ2) is 16.8. The van der Waals surface area contributed by atoms with Crippen LogP contribution in [0.1, 0.15) is 50.5 Å². The molecule has 0 atom stereocenters. The molecule has 1 heterocycles. The lowest BCUT2D eigenvalue weighted by Crippen LogP contribution is -2.23. The Bertz CT molecular complexity index is 910. The topological polar surface area (TPSA) is 138 Å². The summed E-state index contributed by atoms with van der Waals surface area (Å²) in [5.41, 5.74) is 6.44. The molecular weight excluding hydrogens is 474 g/mol. The number of nitrogens with two attached hydrogens (primary N) is 1. The van der Waals surface area contributed by atoms with Crippen LogP contribution < -0.4 is 31.2 Å². The molecule has 11 heteroatoms. The van der Waals surface area contributed by atoms with Gasteiger partial charge in [-0.25, -0.2) is 0 Å². The number of anilines is 3. The summed E-state index contributed by atoms with van der Waals surface area (Å²) in [7, 11) is 3.25. The molecule has 206 valence electrons. The molecule has 1 aliphatic carbocycles. The maximum absolute atomic E-state index is 5.60. The summed E-state index contributed by atoms with van der Waals surface area (Å²) in [5.74, 6) is 2.95. The minimum atomic E-state index is 0.367. The Labute approximate surface area is 220 Å². The Balaban J connectivity index is 1.62. The number of nitrogens with zero attached hydrogens (tertiary/aromatic N) is 3. The van der Waals surface area contributed by atoms with Crippen LogP contribution in [-0.4, -0.2) is 74.7 Å². The molecule has 5 N–H and O–H groups in total. The SMILES string of the molecule is COc1ccc(CNc2nc(NCCOCCOCCN)nc(NC3CCCCCCC3)n2)cc1OC. The van der Waals surface area contributed by atoms with Crippen molar-refractivity contribution in [1.82, 2.24) is 15.0 Å². The summed E-state index contributed by atoms with van der Waals surface area (Å²) in [6.07, 6.45) is 8.62. The van der Waals surface area contributed by atoms with E-state index < -0.39 is 0 Å². The number of benzene rings is 1. The lowest BCUT2D eigenvalue weighted by atomic mass is 9.97. The fourth-order valence-electron chi connectivity index (χ4n) is 4.19. The molecule has 0 amide bonds. The smallest absolute Gasteiger partial charge is 0.229 e. The van der Waals surface area contributed by atoms with E-state index in [2.05, 4.69) is 30.9 Å². The molecule has 1 fully saturated rings. The summed E-state index contributed by atoms with van der Waals surface area (Å²) >= 11 is 0. The molecule has 3 rings (SSSR count). The largest absolute Gasteiger partial charge is 0.493 e. The first kappa shape index (κ1) is 28.7. The minimum Gasteiger partial charge on any atom is -0.493 e. The molecule has 0 radical (unpaired) electrons. The van der Waals surface area contributed by atoms with Crippen molar-refractivity contribution in [2.24, 2.45) is 5.73 Å². The van der Waals surface area contributed by atoms with Crippen LogP contribution in [0.15, 0.2) is 18.2 Å². The second-order valence-electron chi connectivity index (χ2n) is 8.98. The van der Waals surface area contributed by atoms with Crippen LogP contribution in [0.5, 0.6) is 11.5 Å². The molecule has 0 aliphatic heterocycles. The molecule has 1 saturated carbocycles. The van der Waals surface area contributed by atoms with Gasteiger partial charge in [-0.2, -0.15) is 15.0 Å². The van der Waals surface area contributed by atoms with Crippen LogP contribution in [0.2, 0.25) is 0 Å². The van der Waals surface area contributed by atoms with E-state index in [1.54, 1.807) is 14.2 Å². The third kappa shape index (κ3) is 10.6. The maximum Gasteiger partial charge on any atom is 0.229 e. The molecule has 0 unspecified atom stereocenters. The molecular formula is C26H43N7O4. The Morgan fingerprint density at radius 3 is 2.14 bits per heavy atom. The number of ether oxygens (including phenoxy) is 4. The Hall–Kier alpha value is -2.89. The first-order valence-corrected chi connectivity index (χ1v) is 13.3. The molecule has 0 spiro atoms. The van der Waals surface area contributed by atoms with Crippen molar-refractivity contribution in [3.63, 3.8) is 0 Å². The van der Waals surface area contributed by atoms with Gasteiger partial charge in [0.25, 0.3) is 0 Å². The highest BCUT2D eigenvalue weighted by Gasteiger charge is 2.15. The highest BCUT2D eigenvalue weighted by atomic mass is 16.5. The van der Waals surface area contributed by atoms with Gasteiger partial charge in [0.05, 0.1) is 40.6 Å². The molecule has 1 aromatic carbocycles. The lowest BCUT2D eigenvalue weighted by molar-refractivity contribution is 0.0547. The summed E-state index contributed by atoms with van der Waals surface area (Å²) in [4.78, 5) is 13.9. The van der Waals surface area contributed by atoms with Crippen molar-refractivity contribution in [3.05, 3.63) is 23.8 Å². The van der Waals surface area contributed by atoms with Gasteiger partial charge in [-0.1, -0.05) is 38.2 Å². The highest BCUT2D eigenvalue weighted by molar-refractivity contribution is 5.46. The van der Waals surface area contributed by atoms with Gasteiger partial charge in [-0.15, -0.1) is 0 Å². The maximum atomic E-state index is 5.60. The van der Waals surface area contributed by atoms with Crippen LogP contribution in [0.25, 0.3) is 0 Å². The molecule has 11 nitrogen and oxygen atoms in total. The molecule has 2 aromatic rings. The van der Waals surface area contributed by atoms with E-state index in [9.17, 15) is 0 Å². The van der Waals surface area contributed by atoms with Crippen molar-refractivity contribution < 1.29 is 18.9 Å². The average molecular weight is 518 g/mol. The van der Waals surface area contributed by atoms with Crippen LogP contribution in [0, 0.1) is 0 Å². The van der Waals surface area contributed by atoms with Gasteiger partial charge in [0, 0.05) is 25.7 Å². The van der Waals surface area contributed by atoms with Gasteiger partial charge < -0.3 is 40.6 Å². The lowest BCUT2D eigenvalue weighted by Gasteiger charge is -2.21. The number of hydrogen-bond donors (Lipinski definition) is 4. The number of aromatic nitrogens is 3. The van der Waals surface area contributed by atoms with Gasteiger partial charge in [-0.3, -0.25) is 0 Å². The second-order valence-corrected chi connectivity index (χ2v) is 8.98. The summed E-state index contributed by atoms with van der Waals surface area (Å²) < 4.78 is 21.7. The van der Waals surface area contributed by atoms with Crippen LogP contribution in [0.3, 0.4) is 0 Å². The molecule has 1 aliphatic rings. The first-order chi connectivity index (χ1) is 18.2. The minimum absolute atomic E-state index is 0.367. The van der Waals surface area contributed by atoms with Crippen molar-refractivity contribution in [3.8, 4) is 11.5 Å². The normalized spacial score (nSPS) is 14.5. The molecule has 37 heavy (non-hydrogen) atoms. The Morgan fingerprint density at radius 2 is 1.43 bits per heavy atom. The van der Waals surface area contributed by atoms with Crippen molar-refractivity contribution in [2.45, 2.75) is 57.5 Å². The van der Waals surface area contributed by atoms with Crippen LogP contribution in [-0.2, 0) is 16.0 Å². The molecule has 0 saturated heterocycles. The van der Waals surface area contributed by atoms with E-state index in [-0.39, 0.29) is 0 Å². The van der Waals surface area contributed by atoms with Crippen molar-refractivity contribution >= 4 is 17.8 Å². The highest BCUT2D eigenvalue weighted by Crippen LogP contribution is 2.28. The number of methoxy groups -OCH3 is 2. The van der Waals surface area contributed by atoms with E-state index in [1.807, 2.05) is 18.2 Å². The predicted molar refractivity (Wildman–Crippen MR) is 146 cm³/mol. The van der Waals surface area contributed by atoms with Gasteiger partial charge >= 0.3 is 0 Å². The number of nitrogens with one attached hydrogen (secondary N) is 3. The average Bonchev–Trinajstić information content (AvgIpc) is 2.90. The predicted octanol–water partition coefficient (Wildman–Crippen LogP) is 3.43. The van der Waals surface area contributed by atoms with Crippen LogP contribution in [0.4, 0.5) is 17.8 Å². The fraction of sp³-hybridized carbons (Fsp3) is 0.654.